The first-order valence-electron chi connectivity index (χ1n) is 9.29. The molecule has 0 atom stereocenters. The molecule has 1 N–H and O–H groups in total. The van der Waals surface area contributed by atoms with Gasteiger partial charge in [0.15, 0.2) is 5.69 Å². The topological polar surface area (TPSA) is 80.5 Å². The minimum Gasteiger partial charge on any atom is -0.497 e. The highest BCUT2D eigenvalue weighted by Gasteiger charge is 2.25. The largest absolute Gasteiger partial charge is 0.497 e. The highest BCUT2D eigenvalue weighted by molar-refractivity contribution is 5.92. The number of ether oxygens (including phenoxy) is 1. The highest BCUT2D eigenvalue weighted by atomic mass is 16.5. The second kappa shape index (κ2) is 8.12. The molecule has 1 aliphatic heterocycles. The fraction of sp³-hybridized carbons (Fsp3) is 0.286. The second-order valence-electron chi connectivity index (χ2n) is 6.72. The fourth-order valence-electron chi connectivity index (χ4n) is 3.33. The Hall–Kier alpha value is -3.35. The van der Waals surface area contributed by atoms with Crippen molar-refractivity contribution in [2.24, 2.45) is 0 Å². The first-order valence-corrected chi connectivity index (χ1v) is 9.29. The fourth-order valence-corrected chi connectivity index (χ4v) is 3.33. The van der Waals surface area contributed by atoms with Crippen molar-refractivity contribution in [1.29, 1.82) is 0 Å². The Morgan fingerprint density at radius 1 is 1.25 bits per heavy atom. The van der Waals surface area contributed by atoms with E-state index in [4.69, 9.17) is 9.15 Å². The normalized spacial score (nSPS) is 14.7. The molecule has 1 fully saturated rings. The summed E-state index contributed by atoms with van der Waals surface area (Å²) >= 11 is 0. The van der Waals surface area contributed by atoms with Gasteiger partial charge in [-0.05, 0) is 37.1 Å². The molecule has 3 heterocycles. The van der Waals surface area contributed by atoms with E-state index in [0.29, 0.717) is 30.7 Å². The number of anilines is 1. The van der Waals surface area contributed by atoms with Crippen LogP contribution in [0.3, 0.4) is 0 Å². The molecule has 0 bridgehead atoms. The zero-order chi connectivity index (χ0) is 19.3. The van der Waals surface area contributed by atoms with Crippen LogP contribution in [0, 0.1) is 0 Å². The van der Waals surface area contributed by atoms with Gasteiger partial charge < -0.3 is 19.4 Å². The number of hydrogen-bond donors (Lipinski definition) is 1. The van der Waals surface area contributed by atoms with E-state index in [0.717, 1.165) is 29.8 Å². The van der Waals surface area contributed by atoms with E-state index >= 15 is 0 Å². The van der Waals surface area contributed by atoms with Crippen LogP contribution in [0.1, 0.15) is 23.3 Å². The monoisotopic (exact) mass is 378 g/mol. The Morgan fingerprint density at radius 2 is 2.11 bits per heavy atom. The van der Waals surface area contributed by atoms with Crippen LogP contribution in [-0.2, 0) is 0 Å². The van der Waals surface area contributed by atoms with Gasteiger partial charge in [0.2, 0.25) is 5.89 Å². The number of pyridine rings is 1. The van der Waals surface area contributed by atoms with Crippen molar-refractivity contribution >= 4 is 11.6 Å². The lowest BCUT2D eigenvalue weighted by Crippen LogP contribution is -2.42. The second-order valence-corrected chi connectivity index (χ2v) is 6.72. The third kappa shape index (κ3) is 3.98. The van der Waals surface area contributed by atoms with Crippen molar-refractivity contribution in [3.8, 4) is 17.2 Å². The number of benzene rings is 1. The third-order valence-electron chi connectivity index (χ3n) is 4.85. The molecule has 1 aromatic carbocycles. The quantitative estimate of drug-likeness (QED) is 0.732. The number of nitrogens with one attached hydrogen (secondary N) is 1. The lowest BCUT2D eigenvalue weighted by molar-refractivity contribution is 0.0712. The zero-order valence-electron chi connectivity index (χ0n) is 15.7. The smallest absolute Gasteiger partial charge is 0.275 e. The molecule has 144 valence electrons. The molecular formula is C21H22N4O3. The van der Waals surface area contributed by atoms with E-state index in [2.05, 4.69) is 15.3 Å². The van der Waals surface area contributed by atoms with Gasteiger partial charge in [0.25, 0.3) is 5.91 Å². The SMILES string of the molecule is COc1cccc(NC2CCN(C(=O)c3coc(-c4cccnc4)n3)CC2)c1. The van der Waals surface area contributed by atoms with Crippen molar-refractivity contribution in [2.75, 3.05) is 25.5 Å². The Balaban J connectivity index is 1.34. The number of amides is 1. The van der Waals surface area contributed by atoms with Gasteiger partial charge in [0, 0.05) is 43.3 Å². The summed E-state index contributed by atoms with van der Waals surface area (Å²) in [6, 6.07) is 11.9. The van der Waals surface area contributed by atoms with Crippen LogP contribution in [0.4, 0.5) is 5.69 Å². The molecule has 28 heavy (non-hydrogen) atoms. The number of likely N-dealkylation sites (tertiary alicyclic amines) is 1. The van der Waals surface area contributed by atoms with Crippen molar-refractivity contribution < 1.29 is 13.9 Å². The number of hydrogen-bond acceptors (Lipinski definition) is 6. The number of carbonyl (C=O) groups is 1. The first kappa shape index (κ1) is 18.0. The maximum Gasteiger partial charge on any atom is 0.275 e. The Kier molecular flexibility index (Phi) is 5.23. The summed E-state index contributed by atoms with van der Waals surface area (Å²) in [7, 11) is 1.66. The standard InChI is InChI=1S/C21H22N4O3/c1-27-18-6-2-5-17(12-18)23-16-7-10-25(11-8-16)21(26)19-14-28-20(24-19)15-4-3-9-22-13-15/h2-6,9,12-14,16,23H,7-8,10-11H2,1H3. The van der Waals surface area contributed by atoms with Gasteiger partial charge in [-0.15, -0.1) is 0 Å². The molecule has 7 nitrogen and oxygen atoms in total. The molecule has 1 saturated heterocycles. The summed E-state index contributed by atoms with van der Waals surface area (Å²) in [4.78, 5) is 23.0. The molecule has 0 unspecified atom stereocenters. The molecule has 0 spiro atoms. The summed E-state index contributed by atoms with van der Waals surface area (Å²) in [5.41, 5.74) is 2.11. The van der Waals surface area contributed by atoms with Crippen LogP contribution in [0.5, 0.6) is 5.75 Å². The van der Waals surface area contributed by atoms with E-state index < -0.39 is 0 Å². The minimum absolute atomic E-state index is 0.0984. The molecule has 0 aliphatic carbocycles. The molecule has 4 rings (SSSR count). The summed E-state index contributed by atoms with van der Waals surface area (Å²) in [5, 5.41) is 3.52. The number of oxazole rings is 1. The number of methoxy groups -OCH3 is 1. The summed E-state index contributed by atoms with van der Waals surface area (Å²) < 4.78 is 10.7. The number of nitrogens with zero attached hydrogens (tertiary/aromatic N) is 3. The first-order chi connectivity index (χ1) is 13.7. The molecule has 2 aromatic heterocycles. The number of piperidine rings is 1. The zero-order valence-corrected chi connectivity index (χ0v) is 15.7. The Labute approximate surface area is 163 Å². The molecule has 1 aliphatic rings. The van der Waals surface area contributed by atoms with Gasteiger partial charge >= 0.3 is 0 Å². The third-order valence-corrected chi connectivity index (χ3v) is 4.85. The van der Waals surface area contributed by atoms with Crippen LogP contribution in [0.15, 0.2) is 59.5 Å². The highest BCUT2D eigenvalue weighted by Crippen LogP contribution is 2.22. The minimum atomic E-state index is -0.0984. The van der Waals surface area contributed by atoms with E-state index in [1.54, 1.807) is 25.6 Å². The Morgan fingerprint density at radius 3 is 2.86 bits per heavy atom. The average Bonchev–Trinajstić information content (AvgIpc) is 3.25. The Bertz CT molecular complexity index is 934. The summed E-state index contributed by atoms with van der Waals surface area (Å²) in [6.45, 7) is 1.35. The van der Waals surface area contributed by atoms with Gasteiger partial charge in [-0.2, -0.15) is 0 Å². The van der Waals surface area contributed by atoms with E-state index in [-0.39, 0.29) is 5.91 Å². The van der Waals surface area contributed by atoms with Crippen LogP contribution in [-0.4, -0.2) is 47.0 Å². The van der Waals surface area contributed by atoms with Crippen LogP contribution in [0.2, 0.25) is 0 Å². The predicted octanol–water partition coefficient (Wildman–Crippen LogP) is 3.46. The number of aromatic nitrogens is 2. The molecule has 1 amide bonds. The van der Waals surface area contributed by atoms with Crippen molar-refractivity contribution in [2.45, 2.75) is 18.9 Å². The van der Waals surface area contributed by atoms with Crippen molar-refractivity contribution in [1.82, 2.24) is 14.9 Å². The number of rotatable bonds is 5. The molecule has 3 aromatic rings. The van der Waals surface area contributed by atoms with E-state index in [1.807, 2.05) is 35.2 Å². The van der Waals surface area contributed by atoms with Gasteiger partial charge in [0.05, 0.1) is 12.7 Å². The van der Waals surface area contributed by atoms with Crippen LogP contribution in [0.25, 0.3) is 11.5 Å². The van der Waals surface area contributed by atoms with E-state index in [1.165, 1.54) is 6.26 Å². The molecule has 0 saturated carbocycles. The summed E-state index contributed by atoms with van der Waals surface area (Å²) in [5.74, 6) is 1.14. The van der Waals surface area contributed by atoms with Crippen molar-refractivity contribution in [3.05, 3.63) is 60.7 Å². The number of carbonyl (C=O) groups excluding carboxylic acids is 1. The molecule has 7 heteroatoms. The van der Waals surface area contributed by atoms with Crippen LogP contribution >= 0.6 is 0 Å². The van der Waals surface area contributed by atoms with Gasteiger partial charge in [0.1, 0.15) is 12.0 Å². The van der Waals surface area contributed by atoms with Gasteiger partial charge in [-0.1, -0.05) is 6.07 Å². The summed E-state index contributed by atoms with van der Waals surface area (Å²) in [6.07, 6.45) is 6.51. The van der Waals surface area contributed by atoms with Gasteiger partial charge in [-0.3, -0.25) is 9.78 Å². The lowest BCUT2D eigenvalue weighted by atomic mass is 10.0. The van der Waals surface area contributed by atoms with E-state index in [9.17, 15) is 4.79 Å². The molecular weight excluding hydrogens is 356 g/mol. The van der Waals surface area contributed by atoms with Crippen LogP contribution < -0.4 is 10.1 Å². The lowest BCUT2D eigenvalue weighted by Gasteiger charge is -2.32. The molecule has 0 radical (unpaired) electrons. The predicted molar refractivity (Wildman–Crippen MR) is 105 cm³/mol. The van der Waals surface area contributed by atoms with Gasteiger partial charge in [-0.25, -0.2) is 4.98 Å². The average molecular weight is 378 g/mol. The van der Waals surface area contributed by atoms with Crippen molar-refractivity contribution in [3.63, 3.8) is 0 Å². The maximum absolute atomic E-state index is 12.7. The maximum atomic E-state index is 12.7.